The lowest BCUT2D eigenvalue weighted by Gasteiger charge is -2.07. The third kappa shape index (κ3) is 5.88. The third-order valence-electron chi connectivity index (χ3n) is 5.49. The summed E-state index contributed by atoms with van der Waals surface area (Å²) in [5, 5.41) is 0. The van der Waals surface area contributed by atoms with Gasteiger partial charge in [0.1, 0.15) is 5.82 Å². The summed E-state index contributed by atoms with van der Waals surface area (Å²) in [4.78, 5) is 0. The molecule has 0 N–H and O–H groups in total. The molecule has 162 valence electrons. The van der Waals surface area contributed by atoms with Gasteiger partial charge >= 0.3 is 0 Å². The lowest BCUT2D eigenvalue weighted by atomic mass is 9.99. The van der Waals surface area contributed by atoms with Crippen LogP contribution in [0, 0.1) is 17.5 Å². The number of halogens is 3. The fourth-order valence-corrected chi connectivity index (χ4v) is 3.68. The van der Waals surface area contributed by atoms with E-state index in [1.54, 1.807) is 30.4 Å². The predicted molar refractivity (Wildman–Crippen MR) is 124 cm³/mol. The maximum Gasteiger partial charge on any atom is 0.166 e. The lowest BCUT2D eigenvalue weighted by Crippen LogP contribution is -1.96. The van der Waals surface area contributed by atoms with Gasteiger partial charge in [-0.15, -0.1) is 0 Å². The Balaban J connectivity index is 1.73. The Bertz CT molecular complexity index is 1030. The van der Waals surface area contributed by atoms with Gasteiger partial charge < -0.3 is 0 Å². The summed E-state index contributed by atoms with van der Waals surface area (Å²) in [5.74, 6) is -1.81. The van der Waals surface area contributed by atoms with Gasteiger partial charge in [0, 0.05) is 11.1 Å². The number of hydrogen-bond acceptors (Lipinski definition) is 0. The largest absolute Gasteiger partial charge is 0.206 e. The summed E-state index contributed by atoms with van der Waals surface area (Å²) in [7, 11) is 0. The number of unbranched alkanes of at least 4 members (excludes halogenated alkanes) is 2. The van der Waals surface area contributed by atoms with E-state index in [0.29, 0.717) is 17.5 Å². The van der Waals surface area contributed by atoms with E-state index < -0.39 is 11.6 Å². The normalized spacial score (nSPS) is 11.4. The van der Waals surface area contributed by atoms with Crippen LogP contribution in [0.5, 0.6) is 0 Å². The molecule has 0 aliphatic carbocycles. The standard InChI is InChI=1S/C28H29F3/c1-3-5-6-8-21-12-18-25(26(29)19-21)22-13-9-20(10-14-22)11-15-24-17-16-23(7-4-2)27(30)28(24)31/h9-19H,3-8H2,1-2H3/b15-11+. The molecule has 0 radical (unpaired) electrons. The second kappa shape index (κ2) is 11.0. The van der Waals surface area contributed by atoms with Gasteiger partial charge in [-0.2, -0.15) is 0 Å². The van der Waals surface area contributed by atoms with Crippen LogP contribution in [0.25, 0.3) is 23.3 Å². The minimum Gasteiger partial charge on any atom is -0.206 e. The summed E-state index contributed by atoms with van der Waals surface area (Å²) in [6.45, 7) is 4.09. The van der Waals surface area contributed by atoms with Gasteiger partial charge in [0.2, 0.25) is 0 Å². The first-order chi connectivity index (χ1) is 15.0. The molecule has 0 spiro atoms. The monoisotopic (exact) mass is 422 g/mol. The van der Waals surface area contributed by atoms with Crippen molar-refractivity contribution in [2.75, 3.05) is 0 Å². The average Bonchev–Trinajstić information content (AvgIpc) is 2.77. The first-order valence-corrected chi connectivity index (χ1v) is 11.1. The van der Waals surface area contributed by atoms with Crippen molar-refractivity contribution in [3.8, 4) is 11.1 Å². The highest BCUT2D eigenvalue weighted by atomic mass is 19.2. The van der Waals surface area contributed by atoms with Gasteiger partial charge in [0.25, 0.3) is 0 Å². The van der Waals surface area contributed by atoms with E-state index in [0.717, 1.165) is 48.8 Å². The molecule has 3 rings (SSSR count). The number of rotatable bonds is 9. The molecule has 31 heavy (non-hydrogen) atoms. The summed E-state index contributed by atoms with van der Waals surface area (Å²) >= 11 is 0. The minimum atomic E-state index is -0.820. The molecular formula is C28H29F3. The Morgan fingerprint density at radius 2 is 1.48 bits per heavy atom. The number of benzene rings is 3. The zero-order valence-electron chi connectivity index (χ0n) is 18.2. The van der Waals surface area contributed by atoms with Crippen molar-refractivity contribution in [3.05, 3.63) is 94.3 Å². The molecule has 0 atom stereocenters. The minimum absolute atomic E-state index is 0.214. The van der Waals surface area contributed by atoms with Crippen LogP contribution < -0.4 is 0 Å². The zero-order chi connectivity index (χ0) is 22.2. The summed E-state index contributed by atoms with van der Waals surface area (Å²) in [6, 6.07) is 16.1. The molecular weight excluding hydrogens is 393 g/mol. The fourth-order valence-electron chi connectivity index (χ4n) is 3.68. The molecule has 0 nitrogen and oxygen atoms in total. The van der Waals surface area contributed by atoms with Gasteiger partial charge in [0.15, 0.2) is 11.6 Å². The quantitative estimate of drug-likeness (QED) is 0.239. The smallest absolute Gasteiger partial charge is 0.166 e. The molecule has 0 aliphatic heterocycles. The SMILES string of the molecule is CCCCCc1ccc(-c2ccc(/C=C/c3ccc(CCC)c(F)c3F)cc2)c(F)c1. The second-order valence-electron chi connectivity index (χ2n) is 7.92. The third-order valence-corrected chi connectivity index (χ3v) is 5.49. The van der Waals surface area contributed by atoms with Crippen molar-refractivity contribution in [1.29, 1.82) is 0 Å². The lowest BCUT2D eigenvalue weighted by molar-refractivity contribution is 0.496. The summed E-state index contributed by atoms with van der Waals surface area (Å²) < 4.78 is 43.0. The first kappa shape index (κ1) is 22.9. The van der Waals surface area contributed by atoms with Gasteiger partial charge in [-0.3, -0.25) is 0 Å². The molecule has 0 saturated carbocycles. The molecule has 3 aromatic rings. The van der Waals surface area contributed by atoms with Crippen LogP contribution in [0.3, 0.4) is 0 Å². The summed E-state index contributed by atoms with van der Waals surface area (Å²) in [5.41, 5.74) is 3.82. The first-order valence-electron chi connectivity index (χ1n) is 11.1. The average molecular weight is 423 g/mol. The van der Waals surface area contributed by atoms with Gasteiger partial charge in [-0.25, -0.2) is 13.2 Å². The fraction of sp³-hybridized carbons (Fsp3) is 0.286. The van der Waals surface area contributed by atoms with E-state index >= 15 is 0 Å². The van der Waals surface area contributed by atoms with Gasteiger partial charge in [-0.05, 0) is 47.6 Å². The van der Waals surface area contributed by atoms with Crippen molar-refractivity contribution in [3.63, 3.8) is 0 Å². The highest BCUT2D eigenvalue weighted by molar-refractivity contribution is 5.72. The Morgan fingerprint density at radius 1 is 0.710 bits per heavy atom. The molecule has 0 aliphatic rings. The molecule has 0 fully saturated rings. The Morgan fingerprint density at radius 3 is 2.16 bits per heavy atom. The van der Waals surface area contributed by atoms with Crippen LogP contribution in [0.4, 0.5) is 13.2 Å². The summed E-state index contributed by atoms with van der Waals surface area (Å²) in [6.07, 6.45) is 8.84. The molecule has 3 heteroatoms. The van der Waals surface area contributed by atoms with Crippen LogP contribution in [0.15, 0.2) is 54.6 Å². The second-order valence-corrected chi connectivity index (χ2v) is 7.92. The van der Waals surface area contributed by atoms with Crippen LogP contribution >= 0.6 is 0 Å². The van der Waals surface area contributed by atoms with Crippen molar-refractivity contribution in [2.45, 2.75) is 52.4 Å². The zero-order valence-corrected chi connectivity index (χ0v) is 18.2. The maximum absolute atomic E-state index is 14.6. The van der Waals surface area contributed by atoms with E-state index in [9.17, 15) is 13.2 Å². The van der Waals surface area contributed by atoms with Crippen molar-refractivity contribution in [2.24, 2.45) is 0 Å². The highest BCUT2D eigenvalue weighted by Crippen LogP contribution is 2.26. The maximum atomic E-state index is 14.6. The molecule has 0 aromatic heterocycles. The van der Waals surface area contributed by atoms with E-state index in [4.69, 9.17) is 0 Å². The van der Waals surface area contributed by atoms with Crippen LogP contribution in [0.2, 0.25) is 0 Å². The molecule has 3 aromatic carbocycles. The number of hydrogen-bond donors (Lipinski definition) is 0. The van der Waals surface area contributed by atoms with E-state index in [-0.39, 0.29) is 11.4 Å². The Labute approximate surface area is 183 Å². The number of aryl methyl sites for hydroxylation is 2. The van der Waals surface area contributed by atoms with Crippen LogP contribution in [-0.2, 0) is 12.8 Å². The Kier molecular flexibility index (Phi) is 8.11. The van der Waals surface area contributed by atoms with Gasteiger partial charge in [0.05, 0.1) is 0 Å². The molecule has 0 unspecified atom stereocenters. The van der Waals surface area contributed by atoms with Crippen molar-refractivity contribution < 1.29 is 13.2 Å². The van der Waals surface area contributed by atoms with Crippen LogP contribution in [-0.4, -0.2) is 0 Å². The molecule has 0 amide bonds. The Hall–Kier alpha value is -2.81. The van der Waals surface area contributed by atoms with E-state index in [2.05, 4.69) is 6.92 Å². The van der Waals surface area contributed by atoms with Gasteiger partial charge in [-0.1, -0.05) is 93.8 Å². The van der Waals surface area contributed by atoms with Crippen molar-refractivity contribution in [1.82, 2.24) is 0 Å². The molecule has 0 saturated heterocycles. The van der Waals surface area contributed by atoms with E-state index in [1.165, 1.54) is 0 Å². The van der Waals surface area contributed by atoms with E-state index in [1.807, 2.05) is 43.3 Å². The molecule has 0 heterocycles. The van der Waals surface area contributed by atoms with Crippen LogP contribution in [0.1, 0.15) is 61.8 Å². The predicted octanol–water partition coefficient (Wildman–Crippen LogP) is 8.63. The van der Waals surface area contributed by atoms with Crippen molar-refractivity contribution >= 4 is 12.2 Å². The molecule has 0 bridgehead atoms. The topological polar surface area (TPSA) is 0 Å². The highest BCUT2D eigenvalue weighted by Gasteiger charge is 2.11.